The summed E-state index contributed by atoms with van der Waals surface area (Å²) in [5.74, 6) is -1.17. The van der Waals surface area contributed by atoms with E-state index in [0.29, 0.717) is 18.7 Å². The monoisotopic (exact) mass is 613 g/mol. The maximum Gasteiger partial charge on any atom is 0.247 e. The average molecular weight is 614 g/mol. The number of hydrogen-bond donors (Lipinski definition) is 0. The zero-order valence-electron chi connectivity index (χ0n) is 24.7. The second-order valence-corrected chi connectivity index (χ2v) is 11.7. The summed E-state index contributed by atoms with van der Waals surface area (Å²) in [6.45, 7) is 6.07. The Bertz CT molecular complexity index is 1700. The molecule has 1 fully saturated rings. The van der Waals surface area contributed by atoms with Crippen LogP contribution in [0.3, 0.4) is 0 Å². The first kappa shape index (κ1) is 29.7. The van der Waals surface area contributed by atoms with Gasteiger partial charge in [0, 0.05) is 56.5 Å². The lowest BCUT2D eigenvalue weighted by molar-refractivity contribution is -0.136. The van der Waals surface area contributed by atoms with E-state index < -0.39 is 17.8 Å². The van der Waals surface area contributed by atoms with Gasteiger partial charge in [-0.15, -0.1) is 5.10 Å². The normalized spacial score (nSPS) is 17.2. The first-order valence-corrected chi connectivity index (χ1v) is 15.0. The van der Waals surface area contributed by atoms with Gasteiger partial charge in [-0.3, -0.25) is 9.59 Å². The van der Waals surface area contributed by atoms with E-state index in [9.17, 15) is 9.59 Å². The van der Waals surface area contributed by atoms with Gasteiger partial charge in [0.2, 0.25) is 5.91 Å². The number of likely N-dealkylation sites (N-methyl/N-ethyl adjacent to an activating group) is 1. The highest BCUT2D eigenvalue weighted by molar-refractivity contribution is 6.31. The third kappa shape index (κ3) is 6.00. The maximum absolute atomic E-state index is 15.2. The molecule has 0 bridgehead atoms. The number of carbonyl (C=O) groups is 2. The molecule has 3 aromatic carbocycles. The minimum Gasteiger partial charge on any atom is -0.369 e. The fraction of sp³-hybridized carbons (Fsp3) is 0.303. The van der Waals surface area contributed by atoms with E-state index in [1.54, 1.807) is 11.0 Å². The van der Waals surface area contributed by atoms with Crippen molar-refractivity contribution in [3.63, 3.8) is 0 Å². The first-order chi connectivity index (χ1) is 21.3. The second kappa shape index (κ2) is 12.7. The standard InChI is InChI=1S/C33H33ClFN7O2/c1-22-6-8-23(9-7-22)20-30(43)33-25-4-3-5-28(40-18-16-39(2)17-19-40)24(25)14-15-41(33)31(44)13-10-26-29(42-21-36-37-38-42)12-11-27(34)32(26)35/h3-13,21,33H,14-20H2,1-2H3/b13-10+. The Kier molecular flexibility index (Phi) is 8.54. The highest BCUT2D eigenvalue weighted by atomic mass is 35.5. The number of fused-ring (bicyclic) bond motifs is 1. The Balaban J connectivity index is 1.35. The molecule has 0 spiro atoms. The number of halogens is 2. The van der Waals surface area contributed by atoms with Gasteiger partial charge in [0.15, 0.2) is 11.6 Å². The van der Waals surface area contributed by atoms with Gasteiger partial charge in [-0.25, -0.2) is 4.39 Å². The zero-order valence-corrected chi connectivity index (χ0v) is 25.4. The van der Waals surface area contributed by atoms with Crippen molar-refractivity contribution in [1.82, 2.24) is 30.0 Å². The summed E-state index contributed by atoms with van der Waals surface area (Å²) in [5, 5.41) is 11.0. The van der Waals surface area contributed by atoms with E-state index in [1.807, 2.05) is 43.3 Å². The molecule has 226 valence electrons. The number of Topliss-reactive ketones (excluding diaryl/α,β-unsaturated/α-hetero) is 1. The fourth-order valence-corrected chi connectivity index (χ4v) is 6.18. The molecular weight excluding hydrogens is 581 g/mol. The molecule has 6 rings (SSSR count). The Hall–Kier alpha value is -4.41. The Morgan fingerprint density at radius 1 is 1.00 bits per heavy atom. The molecule has 44 heavy (non-hydrogen) atoms. The molecule has 3 heterocycles. The van der Waals surface area contributed by atoms with Crippen molar-refractivity contribution in [2.45, 2.75) is 25.8 Å². The summed E-state index contributed by atoms with van der Waals surface area (Å²) >= 11 is 6.09. The summed E-state index contributed by atoms with van der Waals surface area (Å²) < 4.78 is 16.5. The molecule has 1 atom stereocenters. The number of carbonyl (C=O) groups excluding carboxylic acids is 2. The van der Waals surface area contributed by atoms with Crippen molar-refractivity contribution in [2.75, 3.05) is 44.7 Å². The Morgan fingerprint density at radius 3 is 2.50 bits per heavy atom. The Morgan fingerprint density at radius 2 is 1.77 bits per heavy atom. The second-order valence-electron chi connectivity index (χ2n) is 11.3. The van der Waals surface area contributed by atoms with Crippen LogP contribution in [0.2, 0.25) is 5.02 Å². The number of amides is 1. The molecule has 1 aromatic heterocycles. The summed E-state index contributed by atoms with van der Waals surface area (Å²) in [6.07, 6.45) is 4.79. The lowest BCUT2D eigenvalue weighted by atomic mass is 9.86. The summed E-state index contributed by atoms with van der Waals surface area (Å²) in [5.41, 5.74) is 5.46. The molecule has 1 amide bonds. The number of benzene rings is 3. The number of ketones is 1. The SMILES string of the molecule is Cc1ccc(CC(=O)C2c3cccc(N4CCN(C)CC4)c3CCN2C(=O)/C=C/c2c(-n3cnnn3)ccc(Cl)c2F)cc1. The molecule has 2 aliphatic rings. The third-order valence-electron chi connectivity index (χ3n) is 8.43. The van der Waals surface area contributed by atoms with Gasteiger partial charge < -0.3 is 14.7 Å². The zero-order chi connectivity index (χ0) is 30.8. The molecule has 9 nitrogen and oxygen atoms in total. The van der Waals surface area contributed by atoms with E-state index in [1.165, 1.54) is 29.2 Å². The highest BCUT2D eigenvalue weighted by Crippen LogP contribution is 2.37. The number of hydrogen-bond acceptors (Lipinski definition) is 7. The lowest BCUT2D eigenvalue weighted by Gasteiger charge is -2.40. The average Bonchev–Trinajstić information content (AvgIpc) is 3.57. The Labute approximate surface area is 260 Å². The highest BCUT2D eigenvalue weighted by Gasteiger charge is 2.36. The van der Waals surface area contributed by atoms with E-state index in [2.05, 4.69) is 38.4 Å². The number of aromatic nitrogens is 4. The van der Waals surface area contributed by atoms with E-state index >= 15 is 4.39 Å². The van der Waals surface area contributed by atoms with Gasteiger partial charge in [-0.1, -0.05) is 53.6 Å². The molecule has 1 unspecified atom stereocenters. The summed E-state index contributed by atoms with van der Waals surface area (Å²) in [7, 11) is 2.12. The van der Waals surface area contributed by atoms with Gasteiger partial charge in [0.05, 0.1) is 10.7 Å². The number of aryl methyl sites for hydroxylation is 1. The molecule has 1 saturated heterocycles. The quantitative estimate of drug-likeness (QED) is 0.284. The van der Waals surface area contributed by atoms with Crippen LogP contribution in [-0.2, 0) is 22.4 Å². The van der Waals surface area contributed by atoms with E-state index in [4.69, 9.17) is 11.6 Å². The summed E-state index contributed by atoms with van der Waals surface area (Å²) in [6, 6.07) is 16.1. The maximum atomic E-state index is 15.2. The number of piperazine rings is 1. The summed E-state index contributed by atoms with van der Waals surface area (Å²) in [4.78, 5) is 34.3. The molecule has 2 aliphatic heterocycles. The molecule has 0 aliphatic carbocycles. The number of anilines is 1. The minimum atomic E-state index is -0.784. The minimum absolute atomic E-state index is 0.0652. The van der Waals surface area contributed by atoms with Crippen molar-refractivity contribution in [3.8, 4) is 5.69 Å². The van der Waals surface area contributed by atoms with Crippen molar-refractivity contribution in [3.05, 3.63) is 106 Å². The van der Waals surface area contributed by atoms with Crippen molar-refractivity contribution in [1.29, 1.82) is 0 Å². The van der Waals surface area contributed by atoms with Crippen molar-refractivity contribution in [2.24, 2.45) is 0 Å². The fourth-order valence-electron chi connectivity index (χ4n) is 6.02. The van der Waals surface area contributed by atoms with Gasteiger partial charge in [-0.05, 0) is 71.8 Å². The largest absolute Gasteiger partial charge is 0.369 e. The van der Waals surface area contributed by atoms with Crippen LogP contribution in [0.25, 0.3) is 11.8 Å². The van der Waals surface area contributed by atoms with E-state index in [-0.39, 0.29) is 22.8 Å². The predicted octanol–water partition coefficient (Wildman–Crippen LogP) is 4.47. The smallest absolute Gasteiger partial charge is 0.247 e. The van der Waals surface area contributed by atoms with Crippen LogP contribution in [0, 0.1) is 12.7 Å². The van der Waals surface area contributed by atoms with Crippen LogP contribution >= 0.6 is 11.6 Å². The van der Waals surface area contributed by atoms with Crippen LogP contribution < -0.4 is 4.90 Å². The van der Waals surface area contributed by atoms with Crippen LogP contribution in [0.1, 0.15) is 33.9 Å². The molecule has 4 aromatic rings. The predicted molar refractivity (Wildman–Crippen MR) is 167 cm³/mol. The molecule has 0 saturated carbocycles. The topological polar surface area (TPSA) is 87.5 Å². The van der Waals surface area contributed by atoms with Gasteiger partial charge in [0.25, 0.3) is 0 Å². The van der Waals surface area contributed by atoms with Crippen LogP contribution in [0.4, 0.5) is 10.1 Å². The third-order valence-corrected chi connectivity index (χ3v) is 8.72. The number of tetrazole rings is 1. The van der Waals surface area contributed by atoms with E-state index in [0.717, 1.165) is 54.1 Å². The van der Waals surface area contributed by atoms with Crippen LogP contribution in [0.5, 0.6) is 0 Å². The molecule has 11 heteroatoms. The number of rotatable bonds is 7. The first-order valence-electron chi connectivity index (χ1n) is 14.6. The molecular formula is C33H33ClFN7O2. The lowest BCUT2D eigenvalue weighted by Crippen LogP contribution is -2.46. The van der Waals surface area contributed by atoms with Crippen LogP contribution in [0.15, 0.2) is 67.0 Å². The van der Waals surface area contributed by atoms with Crippen molar-refractivity contribution >= 4 is 35.1 Å². The molecule has 0 radical (unpaired) electrons. The van der Waals surface area contributed by atoms with Gasteiger partial charge in [-0.2, -0.15) is 4.68 Å². The molecule has 0 N–H and O–H groups in total. The van der Waals surface area contributed by atoms with Crippen molar-refractivity contribution < 1.29 is 14.0 Å². The number of nitrogens with zero attached hydrogens (tertiary/aromatic N) is 7. The van der Waals surface area contributed by atoms with Gasteiger partial charge in [0.1, 0.15) is 12.4 Å². The van der Waals surface area contributed by atoms with Gasteiger partial charge >= 0.3 is 0 Å². The van der Waals surface area contributed by atoms with Crippen LogP contribution in [-0.4, -0.2) is 81.5 Å².